The van der Waals surface area contributed by atoms with E-state index >= 15 is 0 Å². The first-order valence-corrected chi connectivity index (χ1v) is 12.4. The minimum atomic E-state index is -0.499. The third-order valence-electron chi connectivity index (χ3n) is 10.4. The Labute approximate surface area is 186 Å². The summed E-state index contributed by atoms with van der Waals surface area (Å²) in [7, 11) is 1.84. The Morgan fingerprint density at radius 3 is 2.39 bits per heavy atom. The molecular weight excluding hydrogens is 392 g/mol. The lowest BCUT2D eigenvalue weighted by Gasteiger charge is -2.64. The van der Waals surface area contributed by atoms with Crippen LogP contribution < -0.4 is 0 Å². The molecule has 0 N–H and O–H groups in total. The first-order valence-electron chi connectivity index (χ1n) is 12.4. The highest BCUT2D eigenvalue weighted by molar-refractivity contribution is 5.94. The van der Waals surface area contributed by atoms with Crippen LogP contribution in [0.5, 0.6) is 0 Å². The second kappa shape index (κ2) is 7.11. The fraction of sp³-hybridized carbons (Fsp3) is 0.923. The van der Waals surface area contributed by atoms with Gasteiger partial charge in [-0.15, -0.1) is 0 Å². The van der Waals surface area contributed by atoms with Crippen LogP contribution in [0.15, 0.2) is 0 Å². The SMILES string of the molecule is COC1CC2(C)C(CCC23OCC(C)(C)CO3)C2CCC3CC(=O)C(C=O)CC3(C)C12. The standard InChI is InChI=1S/C26H40O5/c1-23(2)14-30-26(31-15-23)9-8-19-18-7-6-17-10-20(28)16(13-27)11-24(17,3)22(18)21(29-5)12-25(19,26)4/h13,16-19,21-22H,6-12,14-15H2,1-5H3. The van der Waals surface area contributed by atoms with E-state index in [2.05, 4.69) is 27.7 Å². The Morgan fingerprint density at radius 2 is 1.74 bits per heavy atom. The van der Waals surface area contributed by atoms with E-state index in [4.69, 9.17) is 14.2 Å². The molecule has 1 saturated heterocycles. The zero-order valence-electron chi connectivity index (χ0n) is 19.9. The van der Waals surface area contributed by atoms with Gasteiger partial charge in [-0.25, -0.2) is 0 Å². The van der Waals surface area contributed by atoms with Crippen LogP contribution in [-0.2, 0) is 23.8 Å². The summed E-state index contributed by atoms with van der Waals surface area (Å²) in [6.07, 6.45) is 7.51. The number of carbonyl (C=O) groups is 2. The smallest absolute Gasteiger partial charge is 0.173 e. The Kier molecular flexibility index (Phi) is 5.05. The van der Waals surface area contributed by atoms with Crippen molar-refractivity contribution in [3.05, 3.63) is 0 Å². The molecular formula is C26H40O5. The zero-order chi connectivity index (χ0) is 22.2. The number of aldehydes is 1. The van der Waals surface area contributed by atoms with E-state index in [9.17, 15) is 9.59 Å². The summed E-state index contributed by atoms with van der Waals surface area (Å²) in [4.78, 5) is 24.2. The number of carbonyl (C=O) groups excluding carboxylic acids is 2. The highest BCUT2D eigenvalue weighted by atomic mass is 16.7. The number of Topliss-reactive ketones (excluding diaryl/α,β-unsaturated/α-hetero) is 1. The number of hydrogen-bond acceptors (Lipinski definition) is 5. The number of ether oxygens (including phenoxy) is 3. The van der Waals surface area contributed by atoms with Gasteiger partial charge in [-0.2, -0.15) is 0 Å². The molecule has 5 heteroatoms. The van der Waals surface area contributed by atoms with Crippen molar-refractivity contribution < 1.29 is 23.8 Å². The number of hydrogen-bond donors (Lipinski definition) is 0. The van der Waals surface area contributed by atoms with E-state index in [1.54, 1.807) is 0 Å². The van der Waals surface area contributed by atoms with Crippen LogP contribution in [-0.4, -0.2) is 44.3 Å². The van der Waals surface area contributed by atoms with Crippen molar-refractivity contribution in [3.63, 3.8) is 0 Å². The van der Waals surface area contributed by atoms with Crippen molar-refractivity contribution in [2.24, 2.45) is 45.8 Å². The van der Waals surface area contributed by atoms with Crippen molar-refractivity contribution in [2.45, 2.75) is 84.5 Å². The third-order valence-corrected chi connectivity index (χ3v) is 10.4. The lowest BCUT2D eigenvalue weighted by molar-refractivity contribution is -0.353. The van der Waals surface area contributed by atoms with E-state index in [0.29, 0.717) is 36.5 Å². The first kappa shape index (κ1) is 22.0. The van der Waals surface area contributed by atoms with Crippen LogP contribution in [0.4, 0.5) is 0 Å². The van der Waals surface area contributed by atoms with Crippen LogP contribution in [0.1, 0.15) is 72.6 Å². The van der Waals surface area contributed by atoms with Gasteiger partial charge in [-0.3, -0.25) is 4.79 Å². The fourth-order valence-electron chi connectivity index (χ4n) is 8.74. The van der Waals surface area contributed by atoms with Crippen LogP contribution in [0.3, 0.4) is 0 Å². The molecule has 0 aromatic rings. The second-order valence-corrected chi connectivity index (χ2v) is 12.6. The minimum Gasteiger partial charge on any atom is -0.381 e. The molecule has 0 aromatic carbocycles. The fourth-order valence-corrected chi connectivity index (χ4v) is 8.74. The van der Waals surface area contributed by atoms with Crippen molar-refractivity contribution in [1.29, 1.82) is 0 Å². The van der Waals surface area contributed by atoms with E-state index in [1.165, 1.54) is 0 Å². The quantitative estimate of drug-likeness (QED) is 0.478. The molecule has 1 aliphatic heterocycles. The van der Waals surface area contributed by atoms with Gasteiger partial charge < -0.3 is 19.0 Å². The zero-order valence-corrected chi connectivity index (χ0v) is 19.9. The molecule has 8 atom stereocenters. The minimum absolute atomic E-state index is 0.0174. The number of methoxy groups -OCH3 is 1. The molecule has 5 rings (SSSR count). The largest absolute Gasteiger partial charge is 0.381 e. The molecule has 0 amide bonds. The van der Waals surface area contributed by atoms with Gasteiger partial charge in [-0.1, -0.05) is 27.7 Å². The molecule has 8 unspecified atom stereocenters. The molecule has 0 radical (unpaired) electrons. The Morgan fingerprint density at radius 1 is 1.03 bits per heavy atom. The molecule has 0 bridgehead atoms. The average Bonchev–Trinajstić information content (AvgIpc) is 3.01. The molecule has 5 aliphatic rings. The summed E-state index contributed by atoms with van der Waals surface area (Å²) in [5, 5.41) is 0. The van der Waals surface area contributed by atoms with Crippen LogP contribution in [0, 0.1) is 45.8 Å². The third kappa shape index (κ3) is 2.98. The lowest BCUT2D eigenvalue weighted by atomic mass is 9.43. The van der Waals surface area contributed by atoms with Crippen LogP contribution in [0.25, 0.3) is 0 Å². The van der Waals surface area contributed by atoms with Crippen molar-refractivity contribution in [1.82, 2.24) is 0 Å². The van der Waals surface area contributed by atoms with E-state index in [1.807, 2.05) is 7.11 Å². The molecule has 4 aliphatic carbocycles. The average molecular weight is 433 g/mol. The maximum atomic E-state index is 12.5. The van der Waals surface area contributed by atoms with E-state index in [-0.39, 0.29) is 28.1 Å². The van der Waals surface area contributed by atoms with Gasteiger partial charge in [0.15, 0.2) is 5.79 Å². The van der Waals surface area contributed by atoms with Gasteiger partial charge in [0.05, 0.1) is 25.2 Å². The van der Waals surface area contributed by atoms with Crippen LogP contribution in [0.2, 0.25) is 0 Å². The maximum Gasteiger partial charge on any atom is 0.173 e. The summed E-state index contributed by atoms with van der Waals surface area (Å²) in [6, 6.07) is 0. The van der Waals surface area contributed by atoms with Gasteiger partial charge in [0, 0.05) is 30.8 Å². The molecule has 0 aromatic heterocycles. The van der Waals surface area contributed by atoms with E-state index < -0.39 is 11.7 Å². The predicted octanol–water partition coefficient (Wildman–Crippen LogP) is 4.42. The van der Waals surface area contributed by atoms with Crippen molar-refractivity contribution >= 4 is 12.1 Å². The van der Waals surface area contributed by atoms with Crippen LogP contribution >= 0.6 is 0 Å². The van der Waals surface area contributed by atoms with Gasteiger partial charge in [0.1, 0.15) is 12.1 Å². The number of ketones is 1. The van der Waals surface area contributed by atoms with Gasteiger partial charge >= 0.3 is 0 Å². The molecule has 174 valence electrons. The molecule has 1 heterocycles. The maximum absolute atomic E-state index is 12.5. The van der Waals surface area contributed by atoms with Gasteiger partial charge in [-0.05, 0) is 61.2 Å². The highest BCUT2D eigenvalue weighted by Gasteiger charge is 2.70. The number of fused-ring (bicyclic) bond motifs is 6. The number of rotatable bonds is 2. The van der Waals surface area contributed by atoms with E-state index in [0.717, 1.165) is 51.6 Å². The highest BCUT2D eigenvalue weighted by Crippen LogP contribution is 2.70. The lowest BCUT2D eigenvalue weighted by Crippen LogP contribution is -2.64. The topological polar surface area (TPSA) is 61.8 Å². The van der Waals surface area contributed by atoms with Crippen molar-refractivity contribution in [3.8, 4) is 0 Å². The first-order chi connectivity index (χ1) is 14.6. The van der Waals surface area contributed by atoms with Crippen molar-refractivity contribution in [2.75, 3.05) is 20.3 Å². The Balaban J connectivity index is 1.49. The molecule has 4 saturated carbocycles. The Hall–Kier alpha value is -0.780. The Bertz CT molecular complexity index is 751. The predicted molar refractivity (Wildman–Crippen MR) is 116 cm³/mol. The molecule has 31 heavy (non-hydrogen) atoms. The molecule has 5 fully saturated rings. The monoisotopic (exact) mass is 432 g/mol. The molecule has 5 nitrogen and oxygen atoms in total. The summed E-state index contributed by atoms with van der Waals surface area (Å²) in [5.74, 6) is 1.05. The summed E-state index contributed by atoms with van der Waals surface area (Å²) in [5.41, 5.74) is -0.0267. The van der Waals surface area contributed by atoms with Gasteiger partial charge in [0.25, 0.3) is 0 Å². The normalized spacial score (nSPS) is 50.4. The molecule has 1 spiro atoms. The van der Waals surface area contributed by atoms with Gasteiger partial charge in [0.2, 0.25) is 0 Å². The summed E-state index contributed by atoms with van der Waals surface area (Å²) in [6.45, 7) is 10.6. The second-order valence-electron chi connectivity index (χ2n) is 12.6. The summed E-state index contributed by atoms with van der Waals surface area (Å²) < 4.78 is 19.4. The summed E-state index contributed by atoms with van der Waals surface area (Å²) >= 11 is 0.